The molecule has 0 unspecified atom stereocenters. The molecule has 2 aromatic carbocycles. The molecule has 3 aromatic rings. The van der Waals surface area contributed by atoms with Gasteiger partial charge in [0.25, 0.3) is 0 Å². The number of hydrogen-bond donors (Lipinski definition) is 1. The Balaban J connectivity index is 1.58. The number of aromatic nitrogens is 2. The summed E-state index contributed by atoms with van der Waals surface area (Å²) in [5, 5.41) is 8.45. The average Bonchev–Trinajstić information content (AvgIpc) is 3.05. The van der Waals surface area contributed by atoms with E-state index in [1.807, 2.05) is 48.7 Å². The van der Waals surface area contributed by atoms with E-state index in [4.69, 9.17) is 23.2 Å². The van der Waals surface area contributed by atoms with Crippen LogP contribution in [0, 0.1) is 0 Å². The number of nitrogens with zero attached hydrogens (tertiary/aromatic N) is 2. The minimum atomic E-state index is -0.0812. The quantitative estimate of drug-likeness (QED) is 0.747. The van der Waals surface area contributed by atoms with Crippen molar-refractivity contribution in [1.29, 1.82) is 0 Å². The van der Waals surface area contributed by atoms with Crippen LogP contribution in [0.4, 0.5) is 0 Å². The standard InChI is InChI=1S/C18H15Cl2N3O/c19-15-5-7-16(8-6-15)23-12-13(11-22-23)10-21-18(24)9-14-3-1-2-4-17(14)20/h1-8,11-12H,9-10H2,(H,21,24). The smallest absolute Gasteiger partial charge is 0.224 e. The zero-order valence-corrected chi connectivity index (χ0v) is 14.3. The van der Waals surface area contributed by atoms with Crippen molar-refractivity contribution >= 4 is 29.1 Å². The van der Waals surface area contributed by atoms with Crippen molar-refractivity contribution in [2.45, 2.75) is 13.0 Å². The van der Waals surface area contributed by atoms with E-state index in [9.17, 15) is 4.79 Å². The van der Waals surface area contributed by atoms with Gasteiger partial charge < -0.3 is 5.32 Å². The van der Waals surface area contributed by atoms with Crippen molar-refractivity contribution in [2.24, 2.45) is 0 Å². The van der Waals surface area contributed by atoms with E-state index in [2.05, 4.69) is 10.4 Å². The summed E-state index contributed by atoms with van der Waals surface area (Å²) in [5.41, 5.74) is 2.64. The molecule has 0 saturated carbocycles. The predicted octanol–water partition coefficient (Wildman–Crippen LogP) is 4.04. The van der Waals surface area contributed by atoms with Gasteiger partial charge in [-0.15, -0.1) is 0 Å². The Morgan fingerprint density at radius 3 is 2.58 bits per heavy atom. The lowest BCUT2D eigenvalue weighted by Crippen LogP contribution is -2.24. The van der Waals surface area contributed by atoms with Crippen LogP contribution in [0.15, 0.2) is 60.9 Å². The van der Waals surface area contributed by atoms with E-state index < -0.39 is 0 Å². The van der Waals surface area contributed by atoms with Crippen LogP contribution in [-0.2, 0) is 17.8 Å². The van der Waals surface area contributed by atoms with Crippen LogP contribution in [0.2, 0.25) is 10.0 Å². The summed E-state index contributed by atoms with van der Waals surface area (Å²) in [6.07, 6.45) is 3.86. The van der Waals surface area contributed by atoms with Crippen LogP contribution in [0.1, 0.15) is 11.1 Å². The number of carbonyl (C=O) groups is 1. The van der Waals surface area contributed by atoms with Gasteiger partial charge >= 0.3 is 0 Å². The number of nitrogens with one attached hydrogen (secondary N) is 1. The highest BCUT2D eigenvalue weighted by Gasteiger charge is 2.07. The maximum atomic E-state index is 12.0. The molecule has 3 rings (SSSR count). The summed E-state index contributed by atoms with van der Waals surface area (Å²) in [7, 11) is 0. The first-order valence-electron chi connectivity index (χ1n) is 7.41. The maximum absolute atomic E-state index is 12.0. The highest BCUT2D eigenvalue weighted by atomic mass is 35.5. The first-order chi connectivity index (χ1) is 11.6. The van der Waals surface area contributed by atoms with Crippen LogP contribution in [0.25, 0.3) is 5.69 Å². The molecule has 122 valence electrons. The summed E-state index contributed by atoms with van der Waals surface area (Å²) in [4.78, 5) is 12.0. The van der Waals surface area contributed by atoms with Crippen molar-refractivity contribution < 1.29 is 4.79 Å². The van der Waals surface area contributed by atoms with Crippen molar-refractivity contribution in [1.82, 2.24) is 15.1 Å². The molecule has 0 fully saturated rings. The molecule has 0 aliphatic carbocycles. The van der Waals surface area contributed by atoms with Gasteiger partial charge in [-0.05, 0) is 35.9 Å². The normalized spacial score (nSPS) is 10.6. The van der Waals surface area contributed by atoms with Gasteiger partial charge in [-0.2, -0.15) is 5.10 Å². The van der Waals surface area contributed by atoms with E-state index in [-0.39, 0.29) is 12.3 Å². The number of benzene rings is 2. The third-order valence-corrected chi connectivity index (χ3v) is 4.15. The van der Waals surface area contributed by atoms with Gasteiger partial charge in [0, 0.05) is 28.4 Å². The molecular weight excluding hydrogens is 345 g/mol. The Labute approximate surface area is 150 Å². The maximum Gasteiger partial charge on any atom is 0.224 e. The number of rotatable bonds is 5. The molecule has 0 bridgehead atoms. The van der Waals surface area contributed by atoms with Crippen molar-refractivity contribution in [3.05, 3.63) is 82.1 Å². The van der Waals surface area contributed by atoms with Gasteiger partial charge in [-0.3, -0.25) is 4.79 Å². The van der Waals surface area contributed by atoms with E-state index in [1.165, 1.54) is 0 Å². The first-order valence-corrected chi connectivity index (χ1v) is 8.17. The van der Waals surface area contributed by atoms with Gasteiger partial charge in [-0.25, -0.2) is 4.68 Å². The first kappa shape index (κ1) is 16.6. The minimum Gasteiger partial charge on any atom is -0.352 e. The lowest BCUT2D eigenvalue weighted by atomic mass is 10.1. The molecular formula is C18H15Cl2N3O. The highest BCUT2D eigenvalue weighted by Crippen LogP contribution is 2.16. The topological polar surface area (TPSA) is 46.9 Å². The van der Waals surface area contributed by atoms with Crippen LogP contribution < -0.4 is 5.32 Å². The fourth-order valence-electron chi connectivity index (χ4n) is 2.26. The van der Waals surface area contributed by atoms with E-state index in [0.717, 1.165) is 16.8 Å². The minimum absolute atomic E-state index is 0.0812. The summed E-state index contributed by atoms with van der Waals surface area (Å²) in [6, 6.07) is 14.7. The second kappa shape index (κ2) is 7.51. The van der Waals surface area contributed by atoms with Crippen molar-refractivity contribution in [3.8, 4) is 5.69 Å². The number of carbonyl (C=O) groups excluding carboxylic acids is 1. The summed E-state index contributed by atoms with van der Waals surface area (Å²) < 4.78 is 1.74. The SMILES string of the molecule is O=C(Cc1ccccc1Cl)NCc1cnn(-c2ccc(Cl)cc2)c1. The number of halogens is 2. The third-order valence-electron chi connectivity index (χ3n) is 3.53. The Morgan fingerprint density at radius 2 is 1.83 bits per heavy atom. The van der Waals surface area contributed by atoms with Gasteiger partial charge in [0.1, 0.15) is 0 Å². The zero-order valence-electron chi connectivity index (χ0n) is 12.7. The van der Waals surface area contributed by atoms with Gasteiger partial charge in [0.15, 0.2) is 0 Å². The highest BCUT2D eigenvalue weighted by molar-refractivity contribution is 6.31. The molecule has 0 aliphatic heterocycles. The molecule has 0 spiro atoms. The Bertz CT molecular complexity index is 843. The predicted molar refractivity (Wildman–Crippen MR) is 95.6 cm³/mol. The van der Waals surface area contributed by atoms with E-state index >= 15 is 0 Å². The van der Waals surface area contributed by atoms with Crippen molar-refractivity contribution in [2.75, 3.05) is 0 Å². The third kappa shape index (κ3) is 4.16. The number of hydrogen-bond acceptors (Lipinski definition) is 2. The largest absolute Gasteiger partial charge is 0.352 e. The molecule has 1 N–H and O–H groups in total. The van der Waals surface area contributed by atoms with Crippen LogP contribution in [0.5, 0.6) is 0 Å². The summed E-state index contributed by atoms with van der Waals surface area (Å²) in [5.74, 6) is -0.0812. The van der Waals surface area contributed by atoms with Gasteiger partial charge in [-0.1, -0.05) is 41.4 Å². The molecule has 6 heteroatoms. The summed E-state index contributed by atoms with van der Waals surface area (Å²) >= 11 is 11.9. The molecule has 0 aliphatic rings. The van der Waals surface area contributed by atoms with Crippen LogP contribution in [0.3, 0.4) is 0 Å². The molecule has 0 atom stereocenters. The molecule has 1 heterocycles. The van der Waals surface area contributed by atoms with Gasteiger partial charge in [0.05, 0.1) is 18.3 Å². The van der Waals surface area contributed by atoms with E-state index in [1.54, 1.807) is 16.9 Å². The van der Waals surface area contributed by atoms with Crippen LogP contribution in [-0.4, -0.2) is 15.7 Å². The van der Waals surface area contributed by atoms with E-state index in [0.29, 0.717) is 16.6 Å². The fraction of sp³-hybridized carbons (Fsp3) is 0.111. The van der Waals surface area contributed by atoms with Crippen LogP contribution >= 0.6 is 23.2 Å². The second-order valence-corrected chi connectivity index (χ2v) is 6.16. The Kier molecular flexibility index (Phi) is 5.18. The molecule has 24 heavy (non-hydrogen) atoms. The second-order valence-electron chi connectivity index (χ2n) is 5.31. The fourth-order valence-corrected chi connectivity index (χ4v) is 2.59. The van der Waals surface area contributed by atoms with Crippen molar-refractivity contribution in [3.63, 3.8) is 0 Å². The molecule has 4 nitrogen and oxygen atoms in total. The molecule has 1 aromatic heterocycles. The Hall–Kier alpha value is -2.30. The molecule has 1 amide bonds. The van der Waals surface area contributed by atoms with Gasteiger partial charge in [0.2, 0.25) is 5.91 Å². The monoisotopic (exact) mass is 359 g/mol. The lowest BCUT2D eigenvalue weighted by molar-refractivity contribution is -0.120. The number of amides is 1. The average molecular weight is 360 g/mol. The summed E-state index contributed by atoms with van der Waals surface area (Å²) in [6.45, 7) is 0.414. The lowest BCUT2D eigenvalue weighted by Gasteiger charge is -2.05. The Morgan fingerprint density at radius 1 is 1.08 bits per heavy atom. The zero-order chi connectivity index (χ0) is 16.9. The molecule has 0 saturated heterocycles. The molecule has 0 radical (unpaired) electrons.